The molecule has 1 saturated carbocycles. The van der Waals surface area contributed by atoms with Crippen molar-refractivity contribution in [2.45, 2.75) is 76.4 Å². The van der Waals surface area contributed by atoms with E-state index in [1.807, 2.05) is 0 Å². The first kappa shape index (κ1) is 21.9. The van der Waals surface area contributed by atoms with Crippen LogP contribution in [0.5, 0.6) is 0 Å². The fourth-order valence-electron chi connectivity index (χ4n) is 4.43. The first-order valence-electron chi connectivity index (χ1n) is 10.8. The second-order valence-electron chi connectivity index (χ2n) is 9.31. The van der Waals surface area contributed by atoms with Gasteiger partial charge in [-0.25, -0.2) is 9.52 Å². The second-order valence-corrected chi connectivity index (χ2v) is 10.9. The molecule has 2 aliphatic carbocycles. The maximum absolute atomic E-state index is 12.7. The van der Waals surface area contributed by atoms with E-state index in [1.165, 1.54) is 51.0 Å². The Morgan fingerprint density at radius 2 is 1.97 bits per heavy atom. The molecule has 0 unspecified atom stereocenters. The normalized spacial score (nSPS) is 16.6. The monoisotopic (exact) mass is 446 g/mol. The number of carbonyl (C=O) groups excluding carboxylic acids is 1. The van der Waals surface area contributed by atoms with Gasteiger partial charge in [-0.05, 0) is 74.6 Å². The number of urea groups is 1. The Morgan fingerprint density at radius 1 is 1.23 bits per heavy atom. The molecule has 168 valence electrons. The van der Waals surface area contributed by atoms with E-state index in [0.29, 0.717) is 11.5 Å². The van der Waals surface area contributed by atoms with E-state index in [-0.39, 0.29) is 0 Å². The number of hydrogen-bond acceptors (Lipinski definition) is 5. The molecule has 1 heterocycles. The van der Waals surface area contributed by atoms with Gasteiger partial charge in [-0.15, -0.1) is 0 Å². The topological polar surface area (TPSA) is 109 Å². The van der Waals surface area contributed by atoms with Crippen LogP contribution < -0.4 is 10.0 Å². The quantitative estimate of drug-likeness (QED) is 0.617. The molecule has 4 rings (SSSR count). The number of hydrogen-bond donors (Lipinski definition) is 3. The van der Waals surface area contributed by atoms with Gasteiger partial charge in [-0.2, -0.15) is 8.42 Å². The van der Waals surface area contributed by atoms with Crippen molar-refractivity contribution < 1.29 is 22.7 Å². The summed E-state index contributed by atoms with van der Waals surface area (Å²) in [5.74, 6) is 0.619. The summed E-state index contributed by atoms with van der Waals surface area (Å²) in [7, 11) is -4.21. The molecule has 1 fully saturated rings. The SMILES string of the molecule is Cc1cc2c(c(NC(=O)NS(=O)(=O)c3cc(C(C)(C)O)co3)c1CC1CCC1)CCC2. The Morgan fingerprint density at radius 3 is 2.58 bits per heavy atom. The van der Waals surface area contributed by atoms with E-state index in [1.54, 1.807) is 0 Å². The van der Waals surface area contributed by atoms with Crippen molar-refractivity contribution in [2.75, 3.05) is 5.32 Å². The highest BCUT2D eigenvalue weighted by atomic mass is 32.2. The molecule has 0 radical (unpaired) electrons. The van der Waals surface area contributed by atoms with Crippen molar-refractivity contribution in [3.63, 3.8) is 0 Å². The predicted molar refractivity (Wildman–Crippen MR) is 118 cm³/mol. The van der Waals surface area contributed by atoms with Crippen molar-refractivity contribution in [3.05, 3.63) is 46.2 Å². The third-order valence-corrected chi connectivity index (χ3v) is 7.66. The molecule has 1 aromatic heterocycles. The fraction of sp³-hybridized carbons (Fsp3) is 0.522. The highest BCUT2D eigenvalue weighted by Crippen LogP contribution is 2.39. The van der Waals surface area contributed by atoms with E-state index < -0.39 is 26.7 Å². The van der Waals surface area contributed by atoms with Gasteiger partial charge in [0.05, 0.1) is 11.9 Å². The molecule has 31 heavy (non-hydrogen) atoms. The zero-order valence-electron chi connectivity index (χ0n) is 18.2. The Bertz CT molecular complexity index is 1110. The van der Waals surface area contributed by atoms with Crippen molar-refractivity contribution in [1.29, 1.82) is 0 Å². The summed E-state index contributed by atoms with van der Waals surface area (Å²) in [5, 5.41) is 12.5. The van der Waals surface area contributed by atoms with Gasteiger partial charge in [0.25, 0.3) is 10.0 Å². The Kier molecular flexibility index (Phi) is 5.64. The van der Waals surface area contributed by atoms with Gasteiger partial charge in [0.2, 0.25) is 5.09 Å². The molecule has 2 aliphatic rings. The van der Waals surface area contributed by atoms with Crippen molar-refractivity contribution in [2.24, 2.45) is 5.92 Å². The van der Waals surface area contributed by atoms with Gasteiger partial charge >= 0.3 is 6.03 Å². The van der Waals surface area contributed by atoms with Gasteiger partial charge in [-0.1, -0.05) is 25.3 Å². The third-order valence-electron chi connectivity index (χ3n) is 6.46. The predicted octanol–water partition coefficient (Wildman–Crippen LogP) is 4.16. The highest BCUT2D eigenvalue weighted by Gasteiger charge is 2.29. The Hall–Kier alpha value is -2.32. The summed E-state index contributed by atoms with van der Waals surface area (Å²) >= 11 is 0. The number of aliphatic hydroxyl groups is 1. The molecule has 3 N–H and O–H groups in total. The maximum atomic E-state index is 12.7. The molecule has 0 aliphatic heterocycles. The largest absolute Gasteiger partial charge is 0.451 e. The first-order valence-corrected chi connectivity index (χ1v) is 12.3. The average Bonchev–Trinajstić information content (AvgIpc) is 3.28. The molecule has 2 aromatic rings. The summed E-state index contributed by atoms with van der Waals surface area (Å²) in [6.45, 7) is 5.11. The van der Waals surface area contributed by atoms with Crippen molar-refractivity contribution in [1.82, 2.24) is 4.72 Å². The molecule has 8 heteroatoms. The second kappa shape index (κ2) is 7.98. The highest BCUT2D eigenvalue weighted by molar-refractivity contribution is 7.89. The lowest BCUT2D eigenvalue weighted by Gasteiger charge is -2.28. The number of carbonyl (C=O) groups is 1. The average molecular weight is 447 g/mol. The number of benzene rings is 1. The molecule has 1 aromatic carbocycles. The summed E-state index contributed by atoms with van der Waals surface area (Å²) in [5.41, 5.74) is 4.43. The van der Waals surface area contributed by atoms with E-state index in [2.05, 4.69) is 23.0 Å². The van der Waals surface area contributed by atoms with Crippen LogP contribution in [0.4, 0.5) is 10.5 Å². The number of fused-ring (bicyclic) bond motifs is 1. The maximum Gasteiger partial charge on any atom is 0.333 e. The van der Waals surface area contributed by atoms with Crippen LogP contribution in [-0.2, 0) is 34.9 Å². The van der Waals surface area contributed by atoms with Gasteiger partial charge < -0.3 is 14.8 Å². The van der Waals surface area contributed by atoms with Crippen LogP contribution in [0.25, 0.3) is 0 Å². The van der Waals surface area contributed by atoms with Crippen LogP contribution in [0.1, 0.15) is 67.3 Å². The smallest absolute Gasteiger partial charge is 0.333 e. The molecule has 0 bridgehead atoms. The minimum Gasteiger partial charge on any atom is -0.451 e. The minimum absolute atomic E-state index is 0.313. The molecule has 0 saturated heterocycles. The zero-order chi connectivity index (χ0) is 22.4. The van der Waals surface area contributed by atoms with E-state index >= 15 is 0 Å². The molecular formula is C23H30N2O5S. The first-order chi connectivity index (χ1) is 14.5. The Balaban J connectivity index is 1.57. The van der Waals surface area contributed by atoms with Crippen LogP contribution in [0.2, 0.25) is 0 Å². The van der Waals surface area contributed by atoms with Crippen LogP contribution in [0, 0.1) is 12.8 Å². The number of aryl methyl sites for hydroxylation is 2. The van der Waals surface area contributed by atoms with Crippen molar-refractivity contribution in [3.8, 4) is 0 Å². The zero-order valence-corrected chi connectivity index (χ0v) is 19.1. The van der Waals surface area contributed by atoms with E-state index in [9.17, 15) is 18.3 Å². The van der Waals surface area contributed by atoms with Gasteiger partial charge in [0.1, 0.15) is 0 Å². The minimum atomic E-state index is -4.21. The number of nitrogens with one attached hydrogen (secondary N) is 2. The molecule has 7 nitrogen and oxygen atoms in total. The van der Waals surface area contributed by atoms with Gasteiger partial charge in [0, 0.05) is 17.3 Å². The summed E-state index contributed by atoms with van der Waals surface area (Å²) in [6.07, 6.45) is 8.58. The van der Waals surface area contributed by atoms with Crippen LogP contribution in [0.15, 0.2) is 27.9 Å². The van der Waals surface area contributed by atoms with Crippen LogP contribution in [0.3, 0.4) is 0 Å². The third kappa shape index (κ3) is 4.50. The van der Waals surface area contributed by atoms with Gasteiger partial charge in [-0.3, -0.25) is 0 Å². The number of sulfonamides is 1. The van der Waals surface area contributed by atoms with E-state index in [0.717, 1.165) is 48.1 Å². The van der Waals surface area contributed by atoms with Crippen LogP contribution >= 0.6 is 0 Å². The lowest BCUT2D eigenvalue weighted by molar-refractivity contribution is 0.0779. The Labute approximate surface area is 183 Å². The number of rotatable bonds is 6. The van der Waals surface area contributed by atoms with Crippen molar-refractivity contribution >= 4 is 21.7 Å². The lowest BCUT2D eigenvalue weighted by Crippen LogP contribution is -2.35. The molecule has 0 spiro atoms. The molecular weight excluding hydrogens is 416 g/mol. The molecule has 0 atom stereocenters. The lowest BCUT2D eigenvalue weighted by atomic mass is 9.79. The fourth-order valence-corrected chi connectivity index (χ4v) is 5.28. The standard InChI is InChI=1S/C23H30N2O5S/c1-14-10-16-8-5-9-18(16)21(19(14)11-15-6-4-7-15)24-22(26)25-31(28,29)20-12-17(13-30-20)23(2,3)27/h10,12-13,15,27H,4-9,11H2,1-3H3,(H2,24,25,26). The van der Waals surface area contributed by atoms with E-state index in [4.69, 9.17) is 4.42 Å². The van der Waals surface area contributed by atoms with Crippen LogP contribution in [-0.4, -0.2) is 19.6 Å². The molecule has 2 amide bonds. The summed E-state index contributed by atoms with van der Waals surface area (Å²) in [4.78, 5) is 12.7. The summed E-state index contributed by atoms with van der Waals surface area (Å²) < 4.78 is 32.4. The number of furan rings is 1. The number of amides is 2. The summed E-state index contributed by atoms with van der Waals surface area (Å²) in [6, 6.07) is 2.63. The van der Waals surface area contributed by atoms with Gasteiger partial charge in [0.15, 0.2) is 0 Å². The number of anilines is 1.